The van der Waals surface area contributed by atoms with Crippen molar-refractivity contribution >= 4 is 33.2 Å². The lowest BCUT2D eigenvalue weighted by Crippen LogP contribution is -2.27. The van der Waals surface area contributed by atoms with Crippen LogP contribution in [0.3, 0.4) is 0 Å². The summed E-state index contributed by atoms with van der Waals surface area (Å²) < 4.78 is 26.7. The van der Waals surface area contributed by atoms with Crippen LogP contribution in [0.4, 0.5) is 5.69 Å². The predicted molar refractivity (Wildman–Crippen MR) is 116 cm³/mol. The van der Waals surface area contributed by atoms with Crippen LogP contribution >= 0.6 is 11.6 Å². The summed E-state index contributed by atoms with van der Waals surface area (Å²) >= 11 is 6.30. The number of rotatable bonds is 6. The Morgan fingerprint density at radius 3 is 2.31 bits per heavy atom. The average Bonchev–Trinajstić information content (AvgIpc) is 2.73. The van der Waals surface area contributed by atoms with E-state index in [4.69, 9.17) is 11.6 Å². The van der Waals surface area contributed by atoms with E-state index >= 15 is 0 Å². The normalized spacial score (nSPS) is 11.1. The van der Waals surface area contributed by atoms with Crippen LogP contribution < -0.4 is 9.62 Å². The zero-order valence-corrected chi connectivity index (χ0v) is 17.7. The Hall–Kier alpha value is -2.83. The molecule has 0 aromatic heterocycles. The van der Waals surface area contributed by atoms with E-state index < -0.39 is 10.0 Å². The molecular weight excluding hydrogens is 408 g/mol. The third-order valence-corrected chi connectivity index (χ3v) is 6.78. The zero-order valence-electron chi connectivity index (χ0n) is 16.1. The molecule has 0 radical (unpaired) electrons. The molecule has 7 heteroatoms. The second-order valence-corrected chi connectivity index (χ2v) is 8.94. The van der Waals surface area contributed by atoms with Crippen LogP contribution in [-0.2, 0) is 16.6 Å². The van der Waals surface area contributed by atoms with Gasteiger partial charge in [0.15, 0.2) is 0 Å². The maximum absolute atomic E-state index is 12.8. The second kappa shape index (κ2) is 8.68. The fraction of sp³-hybridized carbons (Fsp3) is 0.136. The lowest BCUT2D eigenvalue weighted by Gasteiger charge is -2.20. The van der Waals surface area contributed by atoms with E-state index in [0.717, 1.165) is 15.4 Å². The maximum Gasteiger partial charge on any atom is 0.264 e. The number of halogens is 1. The van der Waals surface area contributed by atoms with Crippen molar-refractivity contribution in [2.75, 3.05) is 11.4 Å². The van der Waals surface area contributed by atoms with Crippen LogP contribution in [-0.4, -0.2) is 21.4 Å². The Morgan fingerprint density at radius 2 is 1.66 bits per heavy atom. The minimum atomic E-state index is -3.72. The van der Waals surface area contributed by atoms with E-state index in [1.54, 1.807) is 24.3 Å². The fourth-order valence-electron chi connectivity index (χ4n) is 2.85. The molecule has 0 bridgehead atoms. The summed E-state index contributed by atoms with van der Waals surface area (Å²) in [6.07, 6.45) is 0. The fourth-order valence-corrected chi connectivity index (χ4v) is 4.32. The van der Waals surface area contributed by atoms with Gasteiger partial charge in [-0.3, -0.25) is 9.10 Å². The summed E-state index contributed by atoms with van der Waals surface area (Å²) in [5.41, 5.74) is 2.76. The van der Waals surface area contributed by atoms with Crippen LogP contribution in [0, 0.1) is 6.92 Å². The van der Waals surface area contributed by atoms with Crippen molar-refractivity contribution in [2.45, 2.75) is 18.4 Å². The van der Waals surface area contributed by atoms with E-state index in [2.05, 4.69) is 5.32 Å². The largest absolute Gasteiger partial charge is 0.348 e. The average molecular weight is 429 g/mol. The Kier molecular flexibility index (Phi) is 6.25. The van der Waals surface area contributed by atoms with E-state index in [1.165, 1.54) is 31.3 Å². The molecule has 150 valence electrons. The summed E-state index contributed by atoms with van der Waals surface area (Å²) in [6.45, 7) is 2.36. The molecule has 3 rings (SSSR count). The smallest absolute Gasteiger partial charge is 0.264 e. The molecule has 0 aliphatic rings. The Morgan fingerprint density at radius 1 is 1.00 bits per heavy atom. The number of nitrogens with one attached hydrogen (secondary N) is 1. The monoisotopic (exact) mass is 428 g/mol. The highest BCUT2D eigenvalue weighted by Gasteiger charge is 2.22. The number of benzene rings is 3. The molecule has 0 fully saturated rings. The number of amides is 1. The first kappa shape index (κ1) is 20.9. The second-order valence-electron chi connectivity index (χ2n) is 6.56. The van der Waals surface area contributed by atoms with Crippen LogP contribution in [0.15, 0.2) is 77.7 Å². The Labute approximate surface area is 176 Å². The molecule has 0 saturated carbocycles. The van der Waals surface area contributed by atoms with E-state index in [1.807, 2.05) is 31.2 Å². The molecule has 0 unspecified atom stereocenters. The molecule has 5 nitrogen and oxygen atoms in total. The molecule has 1 N–H and O–H groups in total. The number of aryl methyl sites for hydroxylation is 1. The van der Waals surface area contributed by atoms with E-state index in [0.29, 0.717) is 12.2 Å². The van der Waals surface area contributed by atoms with Gasteiger partial charge in [-0.15, -0.1) is 0 Å². The quantitative estimate of drug-likeness (QED) is 0.632. The number of carbonyl (C=O) groups excluding carboxylic acids is 1. The van der Waals surface area contributed by atoms with Gasteiger partial charge in [-0.25, -0.2) is 8.42 Å². The van der Waals surface area contributed by atoms with Crippen molar-refractivity contribution in [1.29, 1.82) is 0 Å². The summed E-state index contributed by atoms with van der Waals surface area (Å²) in [7, 11) is -2.27. The van der Waals surface area contributed by atoms with Crippen molar-refractivity contribution in [3.05, 3.63) is 94.5 Å². The Bertz CT molecular complexity index is 1130. The molecule has 3 aromatic carbocycles. The molecule has 1 amide bonds. The first-order valence-corrected chi connectivity index (χ1v) is 10.8. The summed E-state index contributed by atoms with van der Waals surface area (Å²) in [6, 6.07) is 20.5. The van der Waals surface area contributed by atoms with Crippen molar-refractivity contribution in [2.24, 2.45) is 0 Å². The molecule has 29 heavy (non-hydrogen) atoms. The molecule has 0 spiro atoms. The van der Waals surface area contributed by atoms with Crippen molar-refractivity contribution in [3.63, 3.8) is 0 Å². The maximum atomic E-state index is 12.8. The first-order chi connectivity index (χ1) is 13.8. The first-order valence-electron chi connectivity index (χ1n) is 8.97. The van der Waals surface area contributed by atoms with Crippen molar-refractivity contribution in [1.82, 2.24) is 5.32 Å². The van der Waals surface area contributed by atoms with Crippen molar-refractivity contribution in [3.8, 4) is 0 Å². The zero-order chi connectivity index (χ0) is 21.0. The standard InChI is InChI=1S/C22H21ClN2O3S/c1-16-8-6-7-9-17(16)15-24-22(26)20-13-12-18(14-21(20)23)25(2)29(27,28)19-10-4-3-5-11-19/h3-14H,15H2,1-2H3,(H,24,26). The van der Waals surface area contributed by atoms with Gasteiger partial charge in [0.2, 0.25) is 0 Å². The van der Waals surface area contributed by atoms with Gasteiger partial charge in [0, 0.05) is 13.6 Å². The van der Waals surface area contributed by atoms with Crippen molar-refractivity contribution < 1.29 is 13.2 Å². The van der Waals surface area contributed by atoms with Gasteiger partial charge in [0.1, 0.15) is 0 Å². The van der Waals surface area contributed by atoms with Crippen LogP contribution in [0.2, 0.25) is 5.02 Å². The van der Waals surface area contributed by atoms with Gasteiger partial charge in [0.05, 0.1) is 21.2 Å². The number of carbonyl (C=O) groups is 1. The number of hydrogen-bond donors (Lipinski definition) is 1. The topological polar surface area (TPSA) is 66.5 Å². The highest BCUT2D eigenvalue weighted by atomic mass is 35.5. The summed E-state index contributed by atoms with van der Waals surface area (Å²) in [5, 5.41) is 3.03. The van der Waals surface area contributed by atoms with Gasteiger partial charge in [-0.05, 0) is 48.4 Å². The van der Waals surface area contributed by atoms with Crippen LogP contribution in [0.25, 0.3) is 0 Å². The van der Waals surface area contributed by atoms with Gasteiger partial charge in [-0.1, -0.05) is 54.1 Å². The van der Waals surface area contributed by atoms with E-state index in [9.17, 15) is 13.2 Å². The van der Waals surface area contributed by atoms with Gasteiger partial charge in [-0.2, -0.15) is 0 Å². The van der Waals surface area contributed by atoms with Gasteiger partial charge >= 0.3 is 0 Å². The lowest BCUT2D eigenvalue weighted by atomic mass is 10.1. The molecule has 0 saturated heterocycles. The number of hydrogen-bond acceptors (Lipinski definition) is 3. The lowest BCUT2D eigenvalue weighted by molar-refractivity contribution is 0.0951. The third kappa shape index (κ3) is 4.60. The highest BCUT2D eigenvalue weighted by molar-refractivity contribution is 7.92. The SMILES string of the molecule is Cc1ccccc1CNC(=O)c1ccc(N(C)S(=O)(=O)c2ccccc2)cc1Cl. The molecule has 0 aliphatic carbocycles. The minimum Gasteiger partial charge on any atom is -0.348 e. The third-order valence-electron chi connectivity index (χ3n) is 4.66. The van der Waals surface area contributed by atoms with E-state index in [-0.39, 0.29) is 21.4 Å². The highest BCUT2D eigenvalue weighted by Crippen LogP contribution is 2.27. The van der Waals surface area contributed by atoms with Gasteiger partial charge in [0.25, 0.3) is 15.9 Å². The van der Waals surface area contributed by atoms with Gasteiger partial charge < -0.3 is 5.32 Å². The summed E-state index contributed by atoms with van der Waals surface area (Å²) in [4.78, 5) is 12.7. The molecule has 0 heterocycles. The molecule has 0 atom stereocenters. The Balaban J connectivity index is 1.77. The molecule has 0 aliphatic heterocycles. The number of nitrogens with zero attached hydrogens (tertiary/aromatic N) is 1. The number of sulfonamides is 1. The predicted octanol–water partition coefficient (Wildman–Crippen LogP) is 4.40. The molecule has 3 aromatic rings. The number of anilines is 1. The summed E-state index contributed by atoms with van der Waals surface area (Å²) in [5.74, 6) is -0.321. The van der Waals surface area contributed by atoms with Crippen LogP contribution in [0.5, 0.6) is 0 Å². The molecular formula is C22H21ClN2O3S. The van der Waals surface area contributed by atoms with Crippen LogP contribution in [0.1, 0.15) is 21.5 Å². The minimum absolute atomic E-state index is 0.179.